The lowest BCUT2D eigenvalue weighted by Crippen LogP contribution is -2.19. The molecule has 32 heavy (non-hydrogen) atoms. The SMILES string of the molecule is Nc1nonc1-n1nnc(C(=O)NN=Cc2ccc(Br)cc2)c1-c1ccc2c(c1)OCO2. The van der Waals surface area contributed by atoms with Crippen LogP contribution in [-0.2, 0) is 0 Å². The molecule has 4 aromatic rings. The van der Waals surface area contributed by atoms with Gasteiger partial charge >= 0.3 is 0 Å². The number of amides is 1. The fraction of sp³-hybridized carbons (Fsp3) is 0.0526. The van der Waals surface area contributed by atoms with E-state index in [1.807, 2.05) is 24.3 Å². The van der Waals surface area contributed by atoms with E-state index in [1.54, 1.807) is 18.2 Å². The second kappa shape index (κ2) is 8.11. The topological polar surface area (TPSA) is 156 Å². The van der Waals surface area contributed by atoms with Crippen molar-refractivity contribution in [1.82, 2.24) is 30.7 Å². The minimum Gasteiger partial charge on any atom is -0.454 e. The highest BCUT2D eigenvalue weighted by Gasteiger charge is 2.26. The smallest absolute Gasteiger partial charge is 0.294 e. The van der Waals surface area contributed by atoms with Crippen molar-refractivity contribution in [2.75, 3.05) is 12.5 Å². The van der Waals surface area contributed by atoms with Crippen molar-refractivity contribution in [3.05, 3.63) is 58.2 Å². The second-order valence-corrected chi connectivity index (χ2v) is 7.41. The molecule has 12 nitrogen and oxygen atoms in total. The van der Waals surface area contributed by atoms with Gasteiger partial charge in [0.25, 0.3) is 5.91 Å². The van der Waals surface area contributed by atoms with Gasteiger partial charge in [0.1, 0.15) is 5.69 Å². The van der Waals surface area contributed by atoms with Gasteiger partial charge in [-0.05, 0) is 46.2 Å². The van der Waals surface area contributed by atoms with Crippen LogP contribution in [0.25, 0.3) is 17.1 Å². The van der Waals surface area contributed by atoms with Crippen molar-refractivity contribution < 1.29 is 18.9 Å². The van der Waals surface area contributed by atoms with Crippen LogP contribution in [0.2, 0.25) is 0 Å². The van der Waals surface area contributed by atoms with Gasteiger partial charge in [0, 0.05) is 10.0 Å². The minimum atomic E-state index is -0.590. The van der Waals surface area contributed by atoms with Crippen LogP contribution in [0.3, 0.4) is 0 Å². The molecule has 0 unspecified atom stereocenters. The molecule has 0 aliphatic carbocycles. The molecule has 2 aromatic carbocycles. The van der Waals surface area contributed by atoms with Crippen LogP contribution in [0.15, 0.2) is 56.7 Å². The number of anilines is 1. The van der Waals surface area contributed by atoms with Gasteiger partial charge in [0.05, 0.1) is 6.21 Å². The largest absolute Gasteiger partial charge is 0.454 e. The van der Waals surface area contributed by atoms with E-state index in [0.29, 0.717) is 22.8 Å². The molecule has 1 aliphatic rings. The number of hydrazone groups is 1. The number of ether oxygens (including phenoxy) is 2. The Hall–Kier alpha value is -4.26. The van der Waals surface area contributed by atoms with Crippen LogP contribution in [0.5, 0.6) is 11.5 Å². The predicted octanol–water partition coefficient (Wildman–Crippen LogP) is 2.15. The number of nitrogens with two attached hydrogens (primary N) is 1. The van der Waals surface area contributed by atoms with Gasteiger partial charge in [0.15, 0.2) is 17.2 Å². The predicted molar refractivity (Wildman–Crippen MR) is 114 cm³/mol. The average Bonchev–Trinajstić information content (AvgIpc) is 3.53. The normalized spacial score (nSPS) is 12.4. The average molecular weight is 497 g/mol. The highest BCUT2D eigenvalue weighted by atomic mass is 79.9. The highest BCUT2D eigenvalue weighted by Crippen LogP contribution is 2.37. The lowest BCUT2D eigenvalue weighted by atomic mass is 10.1. The zero-order valence-electron chi connectivity index (χ0n) is 16.1. The zero-order valence-corrected chi connectivity index (χ0v) is 17.7. The number of hydrogen-bond acceptors (Lipinski definition) is 10. The molecule has 13 heteroatoms. The number of nitrogen functional groups attached to an aromatic ring is 1. The molecule has 2 aromatic heterocycles. The molecule has 3 heterocycles. The first kappa shape index (κ1) is 19.7. The number of aromatic nitrogens is 5. The van der Waals surface area contributed by atoms with E-state index in [0.717, 1.165) is 10.0 Å². The maximum atomic E-state index is 12.9. The molecule has 0 saturated heterocycles. The number of halogens is 1. The molecule has 0 atom stereocenters. The molecule has 160 valence electrons. The number of carbonyl (C=O) groups excluding carboxylic acids is 1. The Labute approximate surface area is 188 Å². The van der Waals surface area contributed by atoms with Gasteiger partial charge in [-0.25, -0.2) is 10.1 Å². The van der Waals surface area contributed by atoms with E-state index in [1.165, 1.54) is 10.9 Å². The fourth-order valence-corrected chi connectivity index (χ4v) is 3.26. The van der Waals surface area contributed by atoms with Gasteiger partial charge in [-0.15, -0.1) is 5.10 Å². The Bertz CT molecular complexity index is 1330. The highest BCUT2D eigenvalue weighted by molar-refractivity contribution is 9.10. The van der Waals surface area contributed by atoms with E-state index < -0.39 is 5.91 Å². The van der Waals surface area contributed by atoms with Crippen LogP contribution in [-0.4, -0.2) is 44.2 Å². The van der Waals surface area contributed by atoms with Gasteiger partial charge in [-0.1, -0.05) is 33.3 Å². The summed E-state index contributed by atoms with van der Waals surface area (Å²) in [6, 6.07) is 12.6. The number of hydrogen-bond donors (Lipinski definition) is 2. The lowest BCUT2D eigenvalue weighted by molar-refractivity contribution is 0.0950. The number of carbonyl (C=O) groups is 1. The van der Waals surface area contributed by atoms with Crippen molar-refractivity contribution in [2.45, 2.75) is 0 Å². The molecule has 0 bridgehead atoms. The van der Waals surface area contributed by atoms with E-state index in [9.17, 15) is 4.79 Å². The molecule has 1 amide bonds. The lowest BCUT2D eigenvalue weighted by Gasteiger charge is -2.07. The zero-order chi connectivity index (χ0) is 22.1. The number of nitrogens with one attached hydrogen (secondary N) is 1. The van der Waals surface area contributed by atoms with Crippen molar-refractivity contribution in [1.29, 1.82) is 0 Å². The summed E-state index contributed by atoms with van der Waals surface area (Å²) in [7, 11) is 0. The van der Waals surface area contributed by atoms with E-state index in [-0.39, 0.29) is 24.1 Å². The Balaban J connectivity index is 1.51. The molecule has 1 aliphatic heterocycles. The first-order valence-corrected chi connectivity index (χ1v) is 9.92. The second-order valence-electron chi connectivity index (χ2n) is 6.49. The molecule has 0 fully saturated rings. The molecule has 0 saturated carbocycles. The fourth-order valence-electron chi connectivity index (χ4n) is 2.99. The summed E-state index contributed by atoms with van der Waals surface area (Å²) in [5, 5.41) is 19.3. The van der Waals surface area contributed by atoms with Gasteiger partial charge in [-0.2, -0.15) is 9.78 Å². The van der Waals surface area contributed by atoms with Crippen LogP contribution in [0.4, 0.5) is 5.82 Å². The van der Waals surface area contributed by atoms with E-state index in [4.69, 9.17) is 15.2 Å². The molecular weight excluding hydrogens is 484 g/mol. The van der Waals surface area contributed by atoms with Crippen LogP contribution in [0.1, 0.15) is 16.1 Å². The minimum absolute atomic E-state index is 0.0146. The third kappa shape index (κ3) is 3.65. The Morgan fingerprint density at radius 1 is 1.16 bits per heavy atom. The third-order valence-corrected chi connectivity index (χ3v) is 5.01. The quantitative estimate of drug-likeness (QED) is 0.312. The van der Waals surface area contributed by atoms with Crippen molar-refractivity contribution in [2.24, 2.45) is 5.10 Å². The Kier molecular flexibility index (Phi) is 4.99. The van der Waals surface area contributed by atoms with Gasteiger partial charge in [0.2, 0.25) is 18.4 Å². The summed E-state index contributed by atoms with van der Waals surface area (Å²) in [5.41, 5.74) is 9.91. The monoisotopic (exact) mass is 496 g/mol. The Morgan fingerprint density at radius 3 is 2.75 bits per heavy atom. The first-order chi connectivity index (χ1) is 15.6. The maximum absolute atomic E-state index is 12.9. The van der Waals surface area contributed by atoms with Crippen molar-refractivity contribution in [3.8, 4) is 28.6 Å². The van der Waals surface area contributed by atoms with Gasteiger partial charge < -0.3 is 15.2 Å². The summed E-state index contributed by atoms with van der Waals surface area (Å²) in [6.07, 6.45) is 1.51. The number of benzene rings is 2. The number of fused-ring (bicyclic) bond motifs is 1. The van der Waals surface area contributed by atoms with Crippen molar-refractivity contribution in [3.63, 3.8) is 0 Å². The van der Waals surface area contributed by atoms with E-state index in [2.05, 4.69) is 51.7 Å². The number of rotatable bonds is 5. The maximum Gasteiger partial charge on any atom is 0.294 e. The summed E-state index contributed by atoms with van der Waals surface area (Å²) in [4.78, 5) is 12.9. The summed E-state index contributed by atoms with van der Waals surface area (Å²) in [6.45, 7) is 0.106. The van der Waals surface area contributed by atoms with Gasteiger partial charge in [-0.3, -0.25) is 4.79 Å². The van der Waals surface area contributed by atoms with Crippen molar-refractivity contribution >= 4 is 33.9 Å². The van der Waals surface area contributed by atoms with Crippen LogP contribution < -0.4 is 20.6 Å². The third-order valence-electron chi connectivity index (χ3n) is 4.48. The summed E-state index contributed by atoms with van der Waals surface area (Å²) >= 11 is 3.37. The molecule has 3 N–H and O–H groups in total. The molecular formula is C19H13BrN8O4. The van der Waals surface area contributed by atoms with Crippen LogP contribution >= 0.6 is 15.9 Å². The van der Waals surface area contributed by atoms with E-state index >= 15 is 0 Å². The molecule has 5 rings (SSSR count). The summed E-state index contributed by atoms with van der Waals surface area (Å²) in [5.74, 6) is 0.577. The number of nitrogens with zero attached hydrogens (tertiary/aromatic N) is 6. The molecule has 0 spiro atoms. The molecule has 0 radical (unpaired) electrons. The summed E-state index contributed by atoms with van der Waals surface area (Å²) < 4.78 is 17.7. The standard InChI is InChI=1S/C19H13BrN8O4/c20-12-4-1-10(2-5-12)8-22-24-19(29)15-16(11-3-6-13-14(7-11)31-9-30-13)28(27-23-15)18-17(21)25-32-26-18/h1-8H,9H2,(H2,21,25)(H,24,29). The first-order valence-electron chi connectivity index (χ1n) is 9.13. The van der Waals surface area contributed by atoms with Crippen LogP contribution in [0, 0.1) is 0 Å². The Morgan fingerprint density at radius 2 is 1.97 bits per heavy atom.